The zero-order valence-electron chi connectivity index (χ0n) is 24.0. The molecule has 45 heavy (non-hydrogen) atoms. The highest BCUT2D eigenvalue weighted by atomic mass is 32.2. The third-order valence-corrected chi connectivity index (χ3v) is 10.0. The average molecular weight is 600 g/mol. The second-order valence-corrected chi connectivity index (χ2v) is 12.7. The van der Waals surface area contributed by atoms with Gasteiger partial charge in [-0.05, 0) is 28.8 Å². The summed E-state index contributed by atoms with van der Waals surface area (Å²) in [6.45, 7) is 0. The van der Waals surface area contributed by atoms with Gasteiger partial charge in [-0.3, -0.25) is 0 Å². The molecule has 8 rings (SSSR count). The smallest absolute Gasteiger partial charge is 0.208 e. The van der Waals surface area contributed by atoms with Crippen LogP contribution in [0.3, 0.4) is 0 Å². The fraction of sp³-hybridized carbons (Fsp3) is 0. The number of nitrogens with zero attached hydrogens (tertiary/aromatic N) is 3. The van der Waals surface area contributed by atoms with Crippen LogP contribution >= 0.6 is 0 Å². The summed E-state index contributed by atoms with van der Waals surface area (Å²) in [6, 6.07) is 48.9. The molecule has 0 spiro atoms. The van der Waals surface area contributed by atoms with Crippen molar-refractivity contribution in [1.82, 2.24) is 15.0 Å². The molecule has 0 fully saturated rings. The van der Waals surface area contributed by atoms with Crippen molar-refractivity contribution in [2.24, 2.45) is 0 Å². The maximum Gasteiger partial charge on any atom is 0.208 e. The minimum absolute atomic E-state index is 0.336. The summed E-state index contributed by atoms with van der Waals surface area (Å²) < 4.78 is 27.4. The minimum Gasteiger partial charge on any atom is -0.218 e. The predicted molar refractivity (Wildman–Crippen MR) is 178 cm³/mol. The third-order valence-electron chi connectivity index (χ3n) is 8.10. The lowest BCUT2D eigenvalue weighted by molar-refractivity contribution is 0.599. The lowest BCUT2D eigenvalue weighted by Gasteiger charge is -2.12. The normalized spacial score (nSPS) is 12.8. The van der Waals surface area contributed by atoms with Crippen LogP contribution in [-0.2, 0) is 9.84 Å². The molecule has 6 aromatic carbocycles. The fourth-order valence-electron chi connectivity index (χ4n) is 5.92. The second-order valence-electron chi connectivity index (χ2n) is 10.9. The number of benzene rings is 6. The first-order chi connectivity index (χ1) is 22.1. The van der Waals surface area contributed by atoms with Gasteiger partial charge in [0, 0.05) is 33.4 Å². The van der Waals surface area contributed by atoms with E-state index in [0.29, 0.717) is 32.8 Å². The van der Waals surface area contributed by atoms with Gasteiger partial charge < -0.3 is 0 Å². The van der Waals surface area contributed by atoms with Crippen molar-refractivity contribution < 1.29 is 8.42 Å². The van der Waals surface area contributed by atoms with E-state index in [-0.39, 0.29) is 0 Å². The van der Waals surface area contributed by atoms with Crippen LogP contribution in [0.4, 0.5) is 0 Å². The Bertz CT molecular complexity index is 2320. The summed E-state index contributed by atoms with van der Waals surface area (Å²) in [4.78, 5) is 15.4. The molecule has 0 saturated heterocycles. The highest BCUT2D eigenvalue weighted by Crippen LogP contribution is 2.47. The van der Waals surface area contributed by atoms with Gasteiger partial charge in [0.25, 0.3) is 0 Å². The van der Waals surface area contributed by atoms with Crippen LogP contribution in [0, 0.1) is 0 Å². The molecule has 0 saturated carbocycles. The first kappa shape index (κ1) is 26.9. The summed E-state index contributed by atoms with van der Waals surface area (Å²) in [5.41, 5.74) is 7.65. The lowest BCUT2D eigenvalue weighted by Crippen LogP contribution is -2.01. The van der Waals surface area contributed by atoms with Crippen LogP contribution in [0.1, 0.15) is 0 Å². The van der Waals surface area contributed by atoms with Crippen LogP contribution in [0.5, 0.6) is 0 Å². The van der Waals surface area contributed by atoms with Gasteiger partial charge in [0.15, 0.2) is 17.5 Å². The monoisotopic (exact) mass is 599 g/mol. The Morgan fingerprint density at radius 2 is 0.800 bits per heavy atom. The van der Waals surface area contributed by atoms with Crippen molar-refractivity contribution in [3.8, 4) is 67.5 Å². The Hall–Kier alpha value is -5.72. The molecule has 0 aliphatic carbocycles. The molecule has 1 aliphatic heterocycles. The van der Waals surface area contributed by atoms with E-state index in [1.807, 2.05) is 115 Å². The molecule has 0 bridgehead atoms. The molecular formula is C39H25N3O2S. The number of fused-ring (bicyclic) bond motifs is 3. The van der Waals surface area contributed by atoms with Gasteiger partial charge in [-0.2, -0.15) is 0 Å². The van der Waals surface area contributed by atoms with E-state index in [1.165, 1.54) is 0 Å². The largest absolute Gasteiger partial charge is 0.218 e. The summed E-state index contributed by atoms with van der Waals surface area (Å²) >= 11 is 0. The SMILES string of the molecule is O=S1(=O)c2ccccc2-c2cccc(-c3cccc(-c4nc(-c5ccccc5)nc(-c5ccc(-c6ccccc6)cc5)n4)c3)c21. The molecule has 2 heterocycles. The van der Waals surface area contributed by atoms with Gasteiger partial charge in [-0.15, -0.1) is 0 Å². The quantitative estimate of drug-likeness (QED) is 0.197. The van der Waals surface area contributed by atoms with Gasteiger partial charge in [-0.1, -0.05) is 140 Å². The van der Waals surface area contributed by atoms with Crippen molar-refractivity contribution in [3.05, 3.63) is 152 Å². The Morgan fingerprint density at radius 1 is 0.356 bits per heavy atom. The summed E-state index contributed by atoms with van der Waals surface area (Å²) in [5, 5.41) is 0. The van der Waals surface area contributed by atoms with Crippen molar-refractivity contribution in [2.75, 3.05) is 0 Å². The summed E-state index contributed by atoms with van der Waals surface area (Å²) in [7, 11) is -3.67. The van der Waals surface area contributed by atoms with Crippen LogP contribution in [0.2, 0.25) is 0 Å². The molecule has 0 amide bonds. The first-order valence-electron chi connectivity index (χ1n) is 14.6. The number of hydrogen-bond acceptors (Lipinski definition) is 5. The fourth-order valence-corrected chi connectivity index (χ4v) is 7.81. The molecule has 6 heteroatoms. The number of aromatic nitrogens is 3. The van der Waals surface area contributed by atoms with Gasteiger partial charge >= 0.3 is 0 Å². The highest BCUT2D eigenvalue weighted by molar-refractivity contribution is 7.92. The van der Waals surface area contributed by atoms with E-state index < -0.39 is 9.84 Å². The standard InChI is InChI=1S/C39H25N3O2S/c43-45(44)35-20-8-7-17-33(35)34-19-10-18-32(36(34)45)30-15-9-16-31(25-30)39-41-37(28-13-5-2-6-14-28)40-38(42-39)29-23-21-27(22-24-29)26-11-3-1-4-12-26/h1-25H. The van der Waals surface area contributed by atoms with Crippen molar-refractivity contribution in [1.29, 1.82) is 0 Å². The Morgan fingerprint density at radius 3 is 1.51 bits per heavy atom. The molecule has 0 radical (unpaired) electrons. The van der Waals surface area contributed by atoms with Gasteiger partial charge in [-0.25, -0.2) is 23.4 Å². The van der Waals surface area contributed by atoms with E-state index in [4.69, 9.17) is 15.0 Å². The number of hydrogen-bond donors (Lipinski definition) is 0. The minimum atomic E-state index is -3.67. The zero-order chi connectivity index (χ0) is 30.4. The van der Waals surface area contributed by atoms with Crippen molar-refractivity contribution >= 4 is 9.84 Å². The van der Waals surface area contributed by atoms with Crippen LogP contribution in [0.25, 0.3) is 67.5 Å². The molecule has 1 aliphatic rings. The summed E-state index contributed by atoms with van der Waals surface area (Å²) in [5.74, 6) is 1.63. The van der Waals surface area contributed by atoms with E-state index in [0.717, 1.165) is 44.5 Å². The van der Waals surface area contributed by atoms with E-state index in [2.05, 4.69) is 24.3 Å². The first-order valence-corrected chi connectivity index (χ1v) is 16.1. The molecule has 214 valence electrons. The molecule has 0 atom stereocenters. The van der Waals surface area contributed by atoms with Crippen molar-refractivity contribution in [3.63, 3.8) is 0 Å². The van der Waals surface area contributed by atoms with Crippen LogP contribution in [-0.4, -0.2) is 23.4 Å². The molecule has 7 aromatic rings. The Kier molecular flexibility index (Phi) is 6.43. The van der Waals surface area contributed by atoms with Crippen LogP contribution in [0.15, 0.2) is 161 Å². The number of sulfone groups is 1. The second kappa shape index (κ2) is 10.8. The zero-order valence-corrected chi connectivity index (χ0v) is 24.8. The van der Waals surface area contributed by atoms with Gasteiger partial charge in [0.1, 0.15) is 0 Å². The lowest BCUT2D eigenvalue weighted by atomic mass is 9.98. The van der Waals surface area contributed by atoms with E-state index in [9.17, 15) is 8.42 Å². The maximum atomic E-state index is 13.7. The molecule has 5 nitrogen and oxygen atoms in total. The van der Waals surface area contributed by atoms with Gasteiger partial charge in [0.05, 0.1) is 9.79 Å². The molecule has 0 unspecified atom stereocenters. The maximum absolute atomic E-state index is 13.7. The average Bonchev–Trinajstić information content (AvgIpc) is 3.35. The van der Waals surface area contributed by atoms with E-state index in [1.54, 1.807) is 12.1 Å². The topological polar surface area (TPSA) is 72.8 Å². The van der Waals surface area contributed by atoms with Gasteiger partial charge in [0.2, 0.25) is 9.84 Å². The third kappa shape index (κ3) is 4.72. The number of rotatable bonds is 5. The molecule has 0 N–H and O–H groups in total. The summed E-state index contributed by atoms with van der Waals surface area (Å²) in [6.07, 6.45) is 0. The highest BCUT2D eigenvalue weighted by Gasteiger charge is 2.35. The van der Waals surface area contributed by atoms with E-state index >= 15 is 0 Å². The van der Waals surface area contributed by atoms with Crippen molar-refractivity contribution in [2.45, 2.75) is 9.79 Å². The molecular weight excluding hydrogens is 575 g/mol. The molecule has 1 aromatic heterocycles. The van der Waals surface area contributed by atoms with Crippen LogP contribution < -0.4 is 0 Å². The Balaban J connectivity index is 1.25. The Labute approximate surface area is 261 Å². The predicted octanol–water partition coefficient (Wildman–Crippen LogP) is 9.02.